The summed E-state index contributed by atoms with van der Waals surface area (Å²) >= 11 is 0. The molecule has 0 unspecified atom stereocenters. The highest BCUT2D eigenvalue weighted by Crippen LogP contribution is 2.30. The Morgan fingerprint density at radius 1 is 0.939 bits per heavy atom. The number of ether oxygens (including phenoxy) is 2. The number of nitrogens with zero attached hydrogens (tertiary/aromatic N) is 3. The molecule has 0 radical (unpaired) electrons. The minimum atomic E-state index is -0.316. The van der Waals surface area contributed by atoms with Crippen LogP contribution in [0.15, 0.2) is 66.9 Å². The van der Waals surface area contributed by atoms with Gasteiger partial charge < -0.3 is 14.4 Å². The van der Waals surface area contributed by atoms with Crippen LogP contribution >= 0.6 is 0 Å². The number of aromatic nitrogens is 2. The molecule has 6 heteroatoms. The molecule has 0 amide bonds. The van der Waals surface area contributed by atoms with Crippen LogP contribution in [0, 0.1) is 0 Å². The molecule has 0 aliphatic carbocycles. The highest BCUT2D eigenvalue weighted by Gasteiger charge is 2.17. The monoisotopic (exact) mass is 447 g/mol. The predicted octanol–water partition coefficient (Wildman–Crippen LogP) is 5.39. The topological polar surface area (TPSA) is 64.6 Å². The van der Waals surface area contributed by atoms with E-state index in [1.807, 2.05) is 42.6 Å². The van der Waals surface area contributed by atoms with Crippen molar-refractivity contribution in [3.63, 3.8) is 0 Å². The summed E-state index contributed by atoms with van der Waals surface area (Å²) in [6.45, 7) is 7.84. The van der Waals surface area contributed by atoms with Crippen LogP contribution in [0.4, 0.5) is 5.82 Å². The van der Waals surface area contributed by atoms with Crippen LogP contribution in [0.3, 0.4) is 0 Å². The number of anilines is 1. The second kappa shape index (κ2) is 12.7. The number of carbonyl (C=O) groups excluding carboxylic acids is 1. The molecule has 2 aromatic carbocycles. The van der Waals surface area contributed by atoms with E-state index in [1.54, 1.807) is 6.92 Å². The number of rotatable bonds is 12. The van der Waals surface area contributed by atoms with E-state index in [0.717, 1.165) is 47.7 Å². The van der Waals surface area contributed by atoms with E-state index in [4.69, 9.17) is 19.4 Å². The van der Waals surface area contributed by atoms with Crippen LogP contribution in [0.25, 0.3) is 22.5 Å². The highest BCUT2D eigenvalue weighted by atomic mass is 16.6. The summed E-state index contributed by atoms with van der Waals surface area (Å²) in [7, 11) is 0. The summed E-state index contributed by atoms with van der Waals surface area (Å²) in [4.78, 5) is 23.5. The molecule has 0 saturated heterocycles. The van der Waals surface area contributed by atoms with Gasteiger partial charge in [0.1, 0.15) is 12.4 Å². The normalized spacial score (nSPS) is 10.9. The molecule has 0 aliphatic heterocycles. The Bertz CT molecular complexity index is 994. The van der Waals surface area contributed by atoms with E-state index in [9.17, 15) is 4.79 Å². The van der Waals surface area contributed by atoms with E-state index in [-0.39, 0.29) is 18.6 Å². The maximum Gasteiger partial charge on any atom is 0.332 e. The molecule has 0 bridgehead atoms. The predicted molar refractivity (Wildman–Crippen MR) is 132 cm³/mol. The van der Waals surface area contributed by atoms with Crippen LogP contribution < -0.4 is 4.90 Å². The van der Waals surface area contributed by atoms with Crippen molar-refractivity contribution in [1.82, 2.24) is 9.97 Å². The number of carbonyl (C=O) groups is 1. The van der Waals surface area contributed by atoms with E-state index >= 15 is 0 Å². The van der Waals surface area contributed by atoms with Crippen molar-refractivity contribution in [3.8, 4) is 22.5 Å². The van der Waals surface area contributed by atoms with Crippen molar-refractivity contribution in [3.05, 3.63) is 66.9 Å². The number of benzene rings is 2. The average molecular weight is 448 g/mol. The Kier molecular flexibility index (Phi) is 9.39. The number of unbranched alkanes of at least 4 members (excludes halogenated alkanes) is 1. The summed E-state index contributed by atoms with van der Waals surface area (Å²) in [5.74, 6) is 0.541. The lowest BCUT2D eigenvalue weighted by atomic mass is 10.0. The smallest absolute Gasteiger partial charge is 0.332 e. The van der Waals surface area contributed by atoms with E-state index in [1.165, 1.54) is 0 Å². The minimum Gasteiger partial charge on any atom is -0.464 e. The third-order valence-corrected chi connectivity index (χ3v) is 5.23. The fourth-order valence-electron chi connectivity index (χ4n) is 3.60. The highest BCUT2D eigenvalue weighted by molar-refractivity contribution is 5.78. The van der Waals surface area contributed by atoms with Crippen LogP contribution in [0.1, 0.15) is 33.6 Å². The average Bonchev–Trinajstić information content (AvgIpc) is 2.84. The zero-order valence-electron chi connectivity index (χ0n) is 19.7. The van der Waals surface area contributed by atoms with Crippen LogP contribution in [0.2, 0.25) is 0 Å². The Labute approximate surface area is 196 Å². The standard InChI is InChI=1S/C27H33N3O3/c1-4-33-25(31)20-32-18-12-11-17-30(21(2)3)24-19-28-26(22-13-7-5-8-14-22)27(29-24)23-15-9-6-10-16-23/h5-10,13-16,19,21H,4,11-12,17-18,20H2,1-3H3. The summed E-state index contributed by atoms with van der Waals surface area (Å²) < 4.78 is 10.3. The van der Waals surface area contributed by atoms with Crippen molar-refractivity contribution >= 4 is 11.8 Å². The molecule has 0 spiro atoms. The molecule has 33 heavy (non-hydrogen) atoms. The summed E-state index contributed by atoms with van der Waals surface area (Å²) in [6.07, 6.45) is 3.64. The van der Waals surface area contributed by atoms with Gasteiger partial charge in [-0.05, 0) is 33.6 Å². The van der Waals surface area contributed by atoms with Gasteiger partial charge in [-0.1, -0.05) is 60.7 Å². The maximum atomic E-state index is 11.4. The van der Waals surface area contributed by atoms with E-state index in [0.29, 0.717) is 13.2 Å². The number of hydrogen-bond acceptors (Lipinski definition) is 6. The maximum absolute atomic E-state index is 11.4. The first-order valence-corrected chi connectivity index (χ1v) is 11.6. The second-order valence-corrected chi connectivity index (χ2v) is 8.01. The van der Waals surface area contributed by atoms with Gasteiger partial charge >= 0.3 is 5.97 Å². The molecule has 1 heterocycles. The van der Waals surface area contributed by atoms with Crippen molar-refractivity contribution in [1.29, 1.82) is 0 Å². The molecule has 0 atom stereocenters. The first-order chi connectivity index (χ1) is 16.1. The SMILES string of the molecule is CCOC(=O)COCCCCN(c1cnc(-c2ccccc2)c(-c2ccccc2)n1)C(C)C. The molecular formula is C27H33N3O3. The van der Waals surface area contributed by atoms with Gasteiger partial charge in [0, 0.05) is 30.3 Å². The Hall–Kier alpha value is -3.25. The molecule has 3 aromatic rings. The van der Waals surface area contributed by atoms with Crippen molar-refractivity contribution in [2.75, 3.05) is 31.3 Å². The molecule has 0 fully saturated rings. The van der Waals surface area contributed by atoms with Gasteiger partial charge in [-0.25, -0.2) is 9.78 Å². The number of hydrogen-bond donors (Lipinski definition) is 0. The van der Waals surface area contributed by atoms with Crippen molar-refractivity contribution in [2.45, 2.75) is 39.7 Å². The fraction of sp³-hybridized carbons (Fsp3) is 0.370. The van der Waals surface area contributed by atoms with Gasteiger partial charge in [0.2, 0.25) is 0 Å². The van der Waals surface area contributed by atoms with Gasteiger partial charge in [-0.15, -0.1) is 0 Å². The van der Waals surface area contributed by atoms with Crippen molar-refractivity contribution in [2.24, 2.45) is 0 Å². The zero-order valence-corrected chi connectivity index (χ0v) is 19.7. The Morgan fingerprint density at radius 3 is 2.18 bits per heavy atom. The lowest BCUT2D eigenvalue weighted by Crippen LogP contribution is -2.33. The lowest BCUT2D eigenvalue weighted by Gasteiger charge is -2.28. The molecular weight excluding hydrogens is 414 g/mol. The van der Waals surface area contributed by atoms with Crippen LogP contribution in [-0.2, 0) is 14.3 Å². The van der Waals surface area contributed by atoms with E-state index in [2.05, 4.69) is 43.0 Å². The Balaban J connectivity index is 1.74. The van der Waals surface area contributed by atoms with Gasteiger partial charge in [-0.3, -0.25) is 4.98 Å². The quantitative estimate of drug-likeness (QED) is 0.274. The molecule has 174 valence electrons. The third kappa shape index (κ3) is 7.12. The molecule has 0 N–H and O–H groups in total. The fourth-order valence-corrected chi connectivity index (χ4v) is 3.60. The summed E-state index contributed by atoms with van der Waals surface area (Å²) in [5, 5.41) is 0. The van der Waals surface area contributed by atoms with Gasteiger partial charge in [0.05, 0.1) is 24.2 Å². The third-order valence-electron chi connectivity index (χ3n) is 5.23. The molecule has 3 rings (SSSR count). The summed E-state index contributed by atoms with van der Waals surface area (Å²) in [6, 6.07) is 20.6. The molecule has 1 aromatic heterocycles. The van der Waals surface area contributed by atoms with Crippen LogP contribution in [0.5, 0.6) is 0 Å². The van der Waals surface area contributed by atoms with Crippen LogP contribution in [-0.4, -0.2) is 48.3 Å². The number of esters is 1. The second-order valence-electron chi connectivity index (χ2n) is 8.01. The van der Waals surface area contributed by atoms with E-state index < -0.39 is 0 Å². The molecule has 6 nitrogen and oxygen atoms in total. The first-order valence-electron chi connectivity index (χ1n) is 11.6. The first kappa shape index (κ1) is 24.4. The minimum absolute atomic E-state index is 0.00853. The lowest BCUT2D eigenvalue weighted by molar-refractivity contribution is -0.148. The summed E-state index contributed by atoms with van der Waals surface area (Å²) in [5.41, 5.74) is 3.84. The van der Waals surface area contributed by atoms with Gasteiger partial charge in [0.25, 0.3) is 0 Å². The molecule has 0 saturated carbocycles. The van der Waals surface area contributed by atoms with Gasteiger partial charge in [0.15, 0.2) is 0 Å². The largest absolute Gasteiger partial charge is 0.464 e. The molecule has 0 aliphatic rings. The van der Waals surface area contributed by atoms with Gasteiger partial charge in [-0.2, -0.15) is 0 Å². The Morgan fingerprint density at radius 2 is 1.58 bits per heavy atom. The van der Waals surface area contributed by atoms with Crippen molar-refractivity contribution < 1.29 is 14.3 Å². The zero-order chi connectivity index (χ0) is 23.5.